The molecule has 0 aliphatic rings. The summed E-state index contributed by atoms with van der Waals surface area (Å²) in [6.07, 6.45) is 0.761. The molecule has 0 fully saturated rings. The normalized spacial score (nSPS) is 10.6. The Hall–Kier alpha value is -1.36. The molecule has 0 aliphatic heterocycles. The minimum absolute atomic E-state index is 0.0633. The molecular formula is C14H19BrN2O2. The highest BCUT2D eigenvalue weighted by atomic mass is 79.9. The quantitative estimate of drug-likeness (QED) is 0.902. The number of amides is 2. The third-order valence-electron chi connectivity index (χ3n) is 2.89. The number of benzene rings is 1. The maximum Gasteiger partial charge on any atom is 0.254 e. The van der Waals surface area contributed by atoms with E-state index >= 15 is 0 Å². The molecule has 0 saturated carbocycles. The molecule has 0 atom stereocenters. The van der Waals surface area contributed by atoms with E-state index in [9.17, 15) is 9.59 Å². The number of rotatable bonds is 5. The molecule has 0 aliphatic carbocycles. The van der Waals surface area contributed by atoms with Crippen LogP contribution in [0.15, 0.2) is 22.7 Å². The highest BCUT2D eigenvalue weighted by Gasteiger charge is 2.22. The Bertz CT molecular complexity index is 486. The summed E-state index contributed by atoms with van der Waals surface area (Å²) in [5.74, 6) is -0.665. The molecule has 0 aromatic heterocycles. The van der Waals surface area contributed by atoms with Gasteiger partial charge >= 0.3 is 0 Å². The molecule has 19 heavy (non-hydrogen) atoms. The van der Waals surface area contributed by atoms with Crippen molar-refractivity contribution >= 4 is 27.7 Å². The molecule has 0 heterocycles. The molecule has 1 aromatic rings. The molecule has 0 radical (unpaired) electrons. The van der Waals surface area contributed by atoms with Crippen molar-refractivity contribution in [3.05, 3.63) is 33.8 Å². The van der Waals surface area contributed by atoms with Crippen LogP contribution in [0.1, 0.15) is 36.7 Å². The van der Waals surface area contributed by atoms with E-state index in [1.165, 1.54) is 4.90 Å². The van der Waals surface area contributed by atoms with E-state index in [1.54, 1.807) is 6.07 Å². The van der Waals surface area contributed by atoms with Gasteiger partial charge in [0, 0.05) is 16.1 Å². The van der Waals surface area contributed by atoms with E-state index in [0.717, 1.165) is 16.5 Å². The Morgan fingerprint density at radius 1 is 1.37 bits per heavy atom. The van der Waals surface area contributed by atoms with E-state index in [0.29, 0.717) is 5.56 Å². The molecule has 104 valence electrons. The van der Waals surface area contributed by atoms with Crippen LogP contribution in [0.4, 0.5) is 0 Å². The maximum atomic E-state index is 12.6. The van der Waals surface area contributed by atoms with Crippen LogP contribution < -0.4 is 5.73 Å². The molecule has 0 spiro atoms. The number of hydrogen-bond acceptors (Lipinski definition) is 2. The minimum Gasteiger partial charge on any atom is -0.368 e. The van der Waals surface area contributed by atoms with E-state index in [1.807, 2.05) is 32.9 Å². The second-order valence-electron chi connectivity index (χ2n) is 4.65. The van der Waals surface area contributed by atoms with Crippen molar-refractivity contribution < 1.29 is 9.59 Å². The summed E-state index contributed by atoms with van der Waals surface area (Å²) in [7, 11) is 0. The van der Waals surface area contributed by atoms with Gasteiger partial charge in [0.15, 0.2) is 0 Å². The van der Waals surface area contributed by atoms with Crippen molar-refractivity contribution in [2.75, 3.05) is 6.54 Å². The van der Waals surface area contributed by atoms with Gasteiger partial charge in [-0.3, -0.25) is 9.59 Å². The first-order valence-corrected chi connectivity index (χ1v) is 7.03. The first-order chi connectivity index (χ1) is 8.86. The second-order valence-corrected chi connectivity index (χ2v) is 5.56. The van der Waals surface area contributed by atoms with Crippen molar-refractivity contribution in [3.8, 4) is 0 Å². The SMILES string of the molecule is CCc1ccc(Br)cc1C(=O)N(CC(N)=O)C(C)C. The van der Waals surface area contributed by atoms with Crippen LogP contribution in [0.3, 0.4) is 0 Å². The van der Waals surface area contributed by atoms with E-state index in [2.05, 4.69) is 15.9 Å². The van der Waals surface area contributed by atoms with Crippen LogP contribution in [0.25, 0.3) is 0 Å². The first kappa shape index (κ1) is 15.7. The van der Waals surface area contributed by atoms with Crippen LogP contribution >= 0.6 is 15.9 Å². The minimum atomic E-state index is -0.505. The van der Waals surface area contributed by atoms with E-state index in [-0.39, 0.29) is 18.5 Å². The van der Waals surface area contributed by atoms with Crippen molar-refractivity contribution in [1.29, 1.82) is 0 Å². The Labute approximate surface area is 122 Å². The summed E-state index contributed by atoms with van der Waals surface area (Å²) in [5.41, 5.74) is 6.78. The van der Waals surface area contributed by atoms with Gasteiger partial charge in [0.1, 0.15) is 0 Å². The highest BCUT2D eigenvalue weighted by Crippen LogP contribution is 2.20. The Morgan fingerprint density at radius 2 is 2.00 bits per heavy atom. The smallest absolute Gasteiger partial charge is 0.254 e. The number of nitrogens with zero attached hydrogens (tertiary/aromatic N) is 1. The fourth-order valence-electron chi connectivity index (χ4n) is 1.87. The average Bonchev–Trinajstić information content (AvgIpc) is 2.34. The van der Waals surface area contributed by atoms with Crippen molar-refractivity contribution in [2.24, 2.45) is 5.73 Å². The number of primary amides is 1. The molecular weight excluding hydrogens is 308 g/mol. The predicted octanol–water partition coefficient (Wildman–Crippen LogP) is 2.35. The molecule has 2 amide bonds. The van der Waals surface area contributed by atoms with Gasteiger partial charge in [0.25, 0.3) is 5.91 Å². The summed E-state index contributed by atoms with van der Waals surface area (Å²) in [4.78, 5) is 25.1. The lowest BCUT2D eigenvalue weighted by Gasteiger charge is -2.26. The van der Waals surface area contributed by atoms with Crippen LogP contribution in [-0.4, -0.2) is 29.3 Å². The second kappa shape index (κ2) is 6.70. The molecule has 2 N–H and O–H groups in total. The van der Waals surface area contributed by atoms with Crippen LogP contribution in [0.5, 0.6) is 0 Å². The highest BCUT2D eigenvalue weighted by molar-refractivity contribution is 9.10. The van der Waals surface area contributed by atoms with Gasteiger partial charge in [-0.05, 0) is 38.0 Å². The molecule has 0 saturated heterocycles. The number of aryl methyl sites for hydroxylation is 1. The largest absolute Gasteiger partial charge is 0.368 e. The molecule has 4 nitrogen and oxygen atoms in total. The topological polar surface area (TPSA) is 63.4 Å². The van der Waals surface area contributed by atoms with Crippen LogP contribution in [0, 0.1) is 0 Å². The predicted molar refractivity (Wildman–Crippen MR) is 78.9 cm³/mol. The monoisotopic (exact) mass is 326 g/mol. The molecule has 1 rings (SSSR count). The van der Waals surface area contributed by atoms with Gasteiger partial charge in [0.05, 0.1) is 6.54 Å². The zero-order valence-corrected chi connectivity index (χ0v) is 13.0. The lowest BCUT2D eigenvalue weighted by Crippen LogP contribution is -2.43. The first-order valence-electron chi connectivity index (χ1n) is 6.24. The fourth-order valence-corrected chi connectivity index (χ4v) is 2.23. The van der Waals surface area contributed by atoms with Gasteiger partial charge in [-0.2, -0.15) is 0 Å². The maximum absolute atomic E-state index is 12.6. The number of nitrogens with two attached hydrogens (primary N) is 1. The van der Waals surface area contributed by atoms with Gasteiger partial charge in [-0.1, -0.05) is 28.9 Å². The number of halogens is 1. The van der Waals surface area contributed by atoms with Crippen molar-refractivity contribution in [3.63, 3.8) is 0 Å². The Kier molecular flexibility index (Phi) is 5.54. The summed E-state index contributed by atoms with van der Waals surface area (Å²) < 4.78 is 0.843. The zero-order chi connectivity index (χ0) is 14.6. The van der Waals surface area contributed by atoms with Crippen LogP contribution in [0.2, 0.25) is 0 Å². The van der Waals surface area contributed by atoms with Gasteiger partial charge < -0.3 is 10.6 Å². The van der Waals surface area contributed by atoms with Crippen LogP contribution in [-0.2, 0) is 11.2 Å². The van der Waals surface area contributed by atoms with Gasteiger partial charge in [0.2, 0.25) is 5.91 Å². The van der Waals surface area contributed by atoms with Gasteiger partial charge in [-0.15, -0.1) is 0 Å². The number of carbonyl (C=O) groups excluding carboxylic acids is 2. The lowest BCUT2D eigenvalue weighted by molar-refractivity contribution is -0.119. The summed E-state index contributed by atoms with van der Waals surface area (Å²) in [6, 6.07) is 5.53. The Balaban J connectivity index is 3.15. The number of hydrogen-bond donors (Lipinski definition) is 1. The van der Waals surface area contributed by atoms with E-state index < -0.39 is 5.91 Å². The summed E-state index contributed by atoms with van der Waals surface area (Å²) in [6.45, 7) is 5.66. The standard InChI is InChI=1S/C14H19BrN2O2/c1-4-10-5-6-11(15)7-12(10)14(19)17(9(2)3)8-13(16)18/h5-7,9H,4,8H2,1-3H3,(H2,16,18). The Morgan fingerprint density at radius 3 is 2.47 bits per heavy atom. The van der Waals surface area contributed by atoms with Crippen molar-refractivity contribution in [1.82, 2.24) is 4.90 Å². The molecule has 1 aromatic carbocycles. The lowest BCUT2D eigenvalue weighted by atomic mass is 10.0. The van der Waals surface area contributed by atoms with Gasteiger partial charge in [-0.25, -0.2) is 0 Å². The summed E-state index contributed by atoms with van der Waals surface area (Å²) >= 11 is 3.37. The molecule has 5 heteroatoms. The zero-order valence-electron chi connectivity index (χ0n) is 11.4. The molecule has 0 unspecified atom stereocenters. The molecule has 0 bridgehead atoms. The fraction of sp³-hybridized carbons (Fsp3) is 0.429. The third-order valence-corrected chi connectivity index (χ3v) is 3.39. The summed E-state index contributed by atoms with van der Waals surface area (Å²) in [5, 5.41) is 0. The van der Waals surface area contributed by atoms with Crippen molar-refractivity contribution in [2.45, 2.75) is 33.2 Å². The average molecular weight is 327 g/mol. The third kappa shape index (κ3) is 4.06. The van der Waals surface area contributed by atoms with E-state index in [4.69, 9.17) is 5.73 Å². The number of carbonyl (C=O) groups is 2.